The van der Waals surface area contributed by atoms with E-state index in [2.05, 4.69) is 20.2 Å². The highest BCUT2D eigenvalue weighted by Crippen LogP contribution is 2.20. The smallest absolute Gasteiger partial charge is 0.275 e. The summed E-state index contributed by atoms with van der Waals surface area (Å²) in [6.07, 6.45) is 1.56. The van der Waals surface area contributed by atoms with Gasteiger partial charge in [-0.3, -0.25) is 9.59 Å². The number of ether oxygens (including phenoxy) is 1. The summed E-state index contributed by atoms with van der Waals surface area (Å²) in [4.78, 5) is 29.6. The number of methoxy groups -OCH3 is 1. The van der Waals surface area contributed by atoms with Gasteiger partial charge in [0.15, 0.2) is 11.5 Å². The molecule has 29 heavy (non-hydrogen) atoms. The average Bonchev–Trinajstić information content (AvgIpc) is 2.79. The lowest BCUT2D eigenvalue weighted by molar-refractivity contribution is 0.0740. The number of anilines is 1. The lowest BCUT2D eigenvalue weighted by Crippen LogP contribution is -2.49. The van der Waals surface area contributed by atoms with Crippen molar-refractivity contribution in [2.75, 3.05) is 38.2 Å². The molecule has 2 aromatic heterocycles. The van der Waals surface area contributed by atoms with Gasteiger partial charge < -0.3 is 14.5 Å². The van der Waals surface area contributed by atoms with Crippen LogP contribution in [0.5, 0.6) is 5.75 Å². The van der Waals surface area contributed by atoms with Gasteiger partial charge in [-0.15, -0.1) is 5.10 Å². The highest BCUT2D eigenvalue weighted by Gasteiger charge is 2.26. The predicted molar refractivity (Wildman–Crippen MR) is 108 cm³/mol. The van der Waals surface area contributed by atoms with Crippen LogP contribution < -0.4 is 15.2 Å². The Morgan fingerprint density at radius 1 is 1.14 bits per heavy atom. The van der Waals surface area contributed by atoms with Gasteiger partial charge >= 0.3 is 0 Å². The molecular weight excluding hydrogens is 372 g/mol. The zero-order valence-electron chi connectivity index (χ0n) is 16.4. The van der Waals surface area contributed by atoms with E-state index >= 15 is 0 Å². The largest absolute Gasteiger partial charge is 0.495 e. The Balaban J connectivity index is 1.57. The molecule has 1 aromatic carbocycles. The highest BCUT2D eigenvalue weighted by molar-refractivity contribution is 6.04. The van der Waals surface area contributed by atoms with Gasteiger partial charge in [-0.2, -0.15) is 10.2 Å². The van der Waals surface area contributed by atoms with Crippen LogP contribution in [0.1, 0.15) is 17.4 Å². The normalized spacial score (nSPS) is 14.3. The van der Waals surface area contributed by atoms with Gasteiger partial charge in [-0.05, 0) is 13.0 Å². The summed E-state index contributed by atoms with van der Waals surface area (Å²) in [6, 6.07) is 8.96. The van der Waals surface area contributed by atoms with Crippen molar-refractivity contribution < 1.29 is 9.53 Å². The summed E-state index contributed by atoms with van der Waals surface area (Å²) >= 11 is 0. The Bertz CT molecular complexity index is 1100. The van der Waals surface area contributed by atoms with Crippen molar-refractivity contribution in [3.05, 3.63) is 52.6 Å². The predicted octanol–water partition coefficient (Wildman–Crippen LogP) is 1.18. The first-order valence-corrected chi connectivity index (χ1v) is 9.53. The molecule has 0 unspecified atom stereocenters. The average molecular weight is 394 g/mol. The van der Waals surface area contributed by atoms with Gasteiger partial charge in [0.25, 0.3) is 11.5 Å². The number of carbonyl (C=O) groups is 1. The molecule has 3 heterocycles. The molecule has 4 rings (SSSR count). The Kier molecular flexibility index (Phi) is 5.11. The van der Waals surface area contributed by atoms with Crippen LogP contribution >= 0.6 is 0 Å². The first-order valence-electron chi connectivity index (χ1n) is 9.53. The maximum Gasteiger partial charge on any atom is 0.275 e. The number of rotatable bonds is 4. The van der Waals surface area contributed by atoms with Gasteiger partial charge in [0.05, 0.1) is 18.7 Å². The van der Waals surface area contributed by atoms with E-state index in [9.17, 15) is 9.59 Å². The van der Waals surface area contributed by atoms with Crippen molar-refractivity contribution in [2.45, 2.75) is 13.5 Å². The molecule has 0 radical (unpaired) electrons. The van der Waals surface area contributed by atoms with Gasteiger partial charge in [-0.25, -0.2) is 4.68 Å². The number of nitrogens with zero attached hydrogens (tertiary/aromatic N) is 6. The van der Waals surface area contributed by atoms with E-state index in [0.29, 0.717) is 54.9 Å². The van der Waals surface area contributed by atoms with Crippen molar-refractivity contribution >= 4 is 22.5 Å². The van der Waals surface area contributed by atoms with Crippen LogP contribution in [0.2, 0.25) is 0 Å². The van der Waals surface area contributed by atoms with Crippen LogP contribution in [0.25, 0.3) is 10.8 Å². The quantitative estimate of drug-likeness (QED) is 0.656. The number of amides is 1. The summed E-state index contributed by atoms with van der Waals surface area (Å²) < 4.78 is 6.55. The molecular formula is C20H22N6O3. The minimum absolute atomic E-state index is 0.167. The number of carbonyl (C=O) groups excluding carboxylic acids is 1. The van der Waals surface area contributed by atoms with Gasteiger partial charge in [0.2, 0.25) is 0 Å². The minimum atomic E-state index is -0.180. The lowest BCUT2D eigenvalue weighted by Gasteiger charge is -2.35. The van der Waals surface area contributed by atoms with E-state index in [-0.39, 0.29) is 11.5 Å². The minimum Gasteiger partial charge on any atom is -0.495 e. The number of fused-ring (bicyclic) bond motifs is 1. The van der Waals surface area contributed by atoms with Crippen molar-refractivity contribution in [3.8, 4) is 5.75 Å². The Morgan fingerprint density at radius 3 is 2.55 bits per heavy atom. The monoisotopic (exact) mass is 394 g/mol. The fourth-order valence-electron chi connectivity index (χ4n) is 3.50. The molecule has 0 saturated carbocycles. The van der Waals surface area contributed by atoms with Gasteiger partial charge in [-0.1, -0.05) is 18.2 Å². The summed E-state index contributed by atoms with van der Waals surface area (Å²) in [6.45, 7) is 4.55. The van der Waals surface area contributed by atoms with E-state index in [1.54, 1.807) is 36.4 Å². The number of benzene rings is 1. The maximum atomic E-state index is 13.2. The second kappa shape index (κ2) is 7.86. The molecule has 0 aliphatic carbocycles. The van der Waals surface area contributed by atoms with Crippen LogP contribution in [0.4, 0.5) is 5.82 Å². The van der Waals surface area contributed by atoms with E-state index in [4.69, 9.17) is 4.74 Å². The van der Waals surface area contributed by atoms with E-state index < -0.39 is 0 Å². The van der Waals surface area contributed by atoms with Crippen LogP contribution in [0.3, 0.4) is 0 Å². The van der Waals surface area contributed by atoms with Gasteiger partial charge in [0, 0.05) is 44.2 Å². The zero-order chi connectivity index (χ0) is 20.4. The summed E-state index contributed by atoms with van der Waals surface area (Å²) in [5.41, 5.74) is 0.137. The third-order valence-corrected chi connectivity index (χ3v) is 5.11. The maximum absolute atomic E-state index is 13.2. The SMILES string of the molecule is CCn1nc(C(=O)N2CCN(c3cc(OC)cnn3)CC2)c2ccccc2c1=O. The molecule has 1 saturated heterocycles. The zero-order valence-corrected chi connectivity index (χ0v) is 16.4. The van der Waals surface area contributed by atoms with Crippen LogP contribution in [-0.4, -0.2) is 64.1 Å². The van der Waals surface area contributed by atoms with Crippen LogP contribution in [-0.2, 0) is 6.54 Å². The molecule has 3 aromatic rings. The van der Waals surface area contributed by atoms with Crippen molar-refractivity contribution in [1.29, 1.82) is 0 Å². The molecule has 1 aliphatic rings. The van der Waals surface area contributed by atoms with Crippen molar-refractivity contribution in [1.82, 2.24) is 24.9 Å². The van der Waals surface area contributed by atoms with Gasteiger partial charge in [0.1, 0.15) is 5.75 Å². The van der Waals surface area contributed by atoms with E-state index in [0.717, 1.165) is 5.82 Å². The molecule has 0 bridgehead atoms. The first-order chi connectivity index (χ1) is 14.1. The topological polar surface area (TPSA) is 93.5 Å². The molecule has 1 fully saturated rings. The third kappa shape index (κ3) is 3.51. The summed E-state index contributed by atoms with van der Waals surface area (Å²) in [5.74, 6) is 1.20. The standard InChI is InChI=1S/C20H22N6O3/c1-3-26-19(27)16-7-5-4-6-15(16)18(23-26)20(28)25-10-8-24(9-11-25)17-12-14(29-2)13-21-22-17/h4-7,12-13H,3,8-11H2,1-2H3. The van der Waals surface area contributed by atoms with E-state index in [1.807, 2.05) is 19.1 Å². The second-order valence-electron chi connectivity index (χ2n) is 6.75. The fourth-order valence-corrected chi connectivity index (χ4v) is 3.50. The number of hydrogen-bond acceptors (Lipinski definition) is 7. The fraction of sp³-hybridized carbons (Fsp3) is 0.350. The molecule has 0 spiro atoms. The van der Waals surface area contributed by atoms with E-state index in [1.165, 1.54) is 4.68 Å². The Hall–Kier alpha value is -3.49. The summed E-state index contributed by atoms with van der Waals surface area (Å²) in [5, 5.41) is 13.6. The molecule has 0 atom stereocenters. The summed E-state index contributed by atoms with van der Waals surface area (Å²) in [7, 11) is 1.59. The number of aryl methyl sites for hydroxylation is 1. The molecule has 1 aliphatic heterocycles. The Morgan fingerprint density at radius 2 is 1.86 bits per heavy atom. The first kappa shape index (κ1) is 18.9. The highest BCUT2D eigenvalue weighted by atomic mass is 16.5. The number of piperazine rings is 1. The molecule has 150 valence electrons. The van der Waals surface area contributed by atoms with Crippen molar-refractivity contribution in [2.24, 2.45) is 0 Å². The third-order valence-electron chi connectivity index (χ3n) is 5.11. The van der Waals surface area contributed by atoms with Crippen LogP contribution in [0.15, 0.2) is 41.3 Å². The van der Waals surface area contributed by atoms with Crippen molar-refractivity contribution in [3.63, 3.8) is 0 Å². The van der Waals surface area contributed by atoms with Crippen LogP contribution in [0, 0.1) is 0 Å². The molecule has 9 nitrogen and oxygen atoms in total. The Labute approximate surface area is 167 Å². The second-order valence-corrected chi connectivity index (χ2v) is 6.75. The number of aromatic nitrogens is 4. The molecule has 9 heteroatoms. The lowest BCUT2D eigenvalue weighted by atomic mass is 10.1. The number of hydrogen-bond donors (Lipinski definition) is 0. The molecule has 0 N–H and O–H groups in total. The molecule has 1 amide bonds.